The van der Waals surface area contributed by atoms with E-state index >= 15 is 0 Å². The highest BCUT2D eigenvalue weighted by Gasteiger charge is 2.14. The van der Waals surface area contributed by atoms with E-state index in [1.165, 1.54) is 25.0 Å². The van der Waals surface area contributed by atoms with E-state index in [0.717, 1.165) is 31.7 Å². The molecule has 2 nitrogen and oxygen atoms in total. The molecule has 4 heteroatoms. The van der Waals surface area contributed by atoms with E-state index in [2.05, 4.69) is 5.32 Å². The topological polar surface area (TPSA) is 21.3 Å². The molecule has 1 atom stereocenters. The molecule has 0 aliphatic carbocycles. The summed E-state index contributed by atoms with van der Waals surface area (Å²) in [4.78, 5) is 0. The zero-order chi connectivity index (χ0) is 12.1. The molecule has 17 heavy (non-hydrogen) atoms. The molecule has 0 aromatic heterocycles. The van der Waals surface area contributed by atoms with E-state index in [0.29, 0.717) is 11.1 Å². The van der Waals surface area contributed by atoms with Gasteiger partial charge in [-0.15, -0.1) is 0 Å². The van der Waals surface area contributed by atoms with Gasteiger partial charge in [0.2, 0.25) is 0 Å². The van der Waals surface area contributed by atoms with E-state index in [4.69, 9.17) is 16.3 Å². The molecule has 0 radical (unpaired) electrons. The van der Waals surface area contributed by atoms with Gasteiger partial charge < -0.3 is 10.1 Å². The summed E-state index contributed by atoms with van der Waals surface area (Å²) in [6.45, 7) is 1.72. The van der Waals surface area contributed by atoms with Crippen LogP contribution in [0.4, 0.5) is 10.1 Å². The molecule has 1 heterocycles. The third-order valence-electron chi connectivity index (χ3n) is 2.92. The normalized spacial score (nSPS) is 19.5. The van der Waals surface area contributed by atoms with Crippen molar-refractivity contribution in [2.75, 3.05) is 18.5 Å². The predicted molar refractivity (Wildman–Crippen MR) is 68.1 cm³/mol. The van der Waals surface area contributed by atoms with Crippen LogP contribution in [0.15, 0.2) is 18.2 Å². The fourth-order valence-electron chi connectivity index (χ4n) is 2.09. The fourth-order valence-corrected chi connectivity index (χ4v) is 2.31. The third-order valence-corrected chi connectivity index (χ3v) is 3.14. The molecule has 1 aromatic carbocycles. The summed E-state index contributed by atoms with van der Waals surface area (Å²) in [7, 11) is 0. The summed E-state index contributed by atoms with van der Waals surface area (Å²) in [5.74, 6) is -0.306. The van der Waals surface area contributed by atoms with Gasteiger partial charge in [-0.3, -0.25) is 0 Å². The number of anilines is 1. The number of halogens is 2. The maximum atomic E-state index is 13.0. The summed E-state index contributed by atoms with van der Waals surface area (Å²) < 4.78 is 18.6. The van der Waals surface area contributed by atoms with Gasteiger partial charge in [-0.05, 0) is 43.9 Å². The Morgan fingerprint density at radius 2 is 2.29 bits per heavy atom. The molecular weight excluding hydrogens is 241 g/mol. The zero-order valence-electron chi connectivity index (χ0n) is 9.72. The molecule has 0 spiro atoms. The maximum absolute atomic E-state index is 13.0. The second-order valence-electron chi connectivity index (χ2n) is 4.36. The van der Waals surface area contributed by atoms with Gasteiger partial charge in [-0.25, -0.2) is 4.39 Å². The number of ether oxygens (including phenoxy) is 1. The molecule has 1 saturated heterocycles. The Morgan fingerprint density at radius 3 is 3.00 bits per heavy atom. The smallest absolute Gasteiger partial charge is 0.126 e. The lowest BCUT2D eigenvalue weighted by Crippen LogP contribution is -2.09. The minimum absolute atomic E-state index is 0.306. The second kappa shape index (κ2) is 6.22. The van der Waals surface area contributed by atoms with E-state index in [-0.39, 0.29) is 5.82 Å². The number of benzene rings is 1. The lowest BCUT2D eigenvalue weighted by atomic mass is 10.1. The summed E-state index contributed by atoms with van der Waals surface area (Å²) >= 11 is 5.77. The molecule has 94 valence electrons. The van der Waals surface area contributed by atoms with Crippen LogP contribution < -0.4 is 5.32 Å². The summed E-state index contributed by atoms with van der Waals surface area (Å²) in [6, 6.07) is 4.49. The Hall–Kier alpha value is -0.800. The van der Waals surface area contributed by atoms with Crippen molar-refractivity contribution in [3.05, 3.63) is 29.0 Å². The zero-order valence-corrected chi connectivity index (χ0v) is 10.5. The van der Waals surface area contributed by atoms with Crippen LogP contribution in [-0.2, 0) is 4.74 Å². The van der Waals surface area contributed by atoms with Gasteiger partial charge in [0.1, 0.15) is 5.82 Å². The van der Waals surface area contributed by atoms with Crippen LogP contribution >= 0.6 is 11.6 Å². The van der Waals surface area contributed by atoms with Crippen molar-refractivity contribution in [3.8, 4) is 0 Å². The first kappa shape index (κ1) is 12.7. The van der Waals surface area contributed by atoms with Crippen molar-refractivity contribution >= 4 is 17.3 Å². The highest BCUT2D eigenvalue weighted by Crippen LogP contribution is 2.19. The van der Waals surface area contributed by atoms with Crippen molar-refractivity contribution in [2.45, 2.75) is 31.8 Å². The first-order valence-corrected chi connectivity index (χ1v) is 6.43. The van der Waals surface area contributed by atoms with Gasteiger partial charge in [0.25, 0.3) is 0 Å². The highest BCUT2D eigenvalue weighted by atomic mass is 35.5. The van der Waals surface area contributed by atoms with E-state index in [1.54, 1.807) is 6.07 Å². The van der Waals surface area contributed by atoms with E-state index in [9.17, 15) is 4.39 Å². The number of hydrogen-bond donors (Lipinski definition) is 1. The molecule has 1 N–H and O–H groups in total. The minimum atomic E-state index is -0.306. The lowest BCUT2D eigenvalue weighted by Gasteiger charge is -2.10. The SMILES string of the molecule is Fc1cc(Cl)cc(NCCCC2CCCO2)c1. The van der Waals surface area contributed by atoms with Gasteiger partial charge in [-0.2, -0.15) is 0 Å². The standard InChI is InChI=1S/C13H17ClFNO/c14-10-7-11(15)9-12(8-10)16-5-1-3-13-4-2-6-17-13/h7-9,13,16H,1-6H2. The number of hydrogen-bond acceptors (Lipinski definition) is 2. The number of rotatable bonds is 5. The Labute approximate surface area is 106 Å². The van der Waals surface area contributed by atoms with Crippen molar-refractivity contribution in [1.29, 1.82) is 0 Å². The van der Waals surface area contributed by atoms with Crippen molar-refractivity contribution in [1.82, 2.24) is 0 Å². The van der Waals surface area contributed by atoms with Crippen molar-refractivity contribution in [3.63, 3.8) is 0 Å². The largest absolute Gasteiger partial charge is 0.385 e. The van der Waals surface area contributed by atoms with Gasteiger partial charge in [-0.1, -0.05) is 11.6 Å². The first-order valence-electron chi connectivity index (χ1n) is 6.05. The molecule has 0 amide bonds. The predicted octanol–water partition coefficient (Wildman–Crippen LogP) is 3.85. The van der Waals surface area contributed by atoms with Crippen LogP contribution in [0.2, 0.25) is 5.02 Å². The van der Waals surface area contributed by atoms with Gasteiger partial charge in [0, 0.05) is 23.9 Å². The molecular formula is C13H17ClFNO. The summed E-state index contributed by atoms with van der Waals surface area (Å²) in [6.07, 6.45) is 4.87. The molecule has 1 fully saturated rings. The first-order chi connectivity index (χ1) is 8.24. The average Bonchev–Trinajstić information content (AvgIpc) is 2.76. The fraction of sp³-hybridized carbons (Fsp3) is 0.538. The summed E-state index contributed by atoms with van der Waals surface area (Å²) in [5.41, 5.74) is 0.738. The molecule has 2 rings (SSSR count). The Bertz CT molecular complexity index is 346. The molecule has 0 bridgehead atoms. The molecule has 0 saturated carbocycles. The maximum Gasteiger partial charge on any atom is 0.126 e. The minimum Gasteiger partial charge on any atom is -0.385 e. The van der Waals surface area contributed by atoms with Crippen LogP contribution in [-0.4, -0.2) is 19.3 Å². The average molecular weight is 258 g/mol. The lowest BCUT2D eigenvalue weighted by molar-refractivity contribution is 0.103. The summed E-state index contributed by atoms with van der Waals surface area (Å²) in [5, 5.41) is 3.59. The number of nitrogens with one attached hydrogen (secondary N) is 1. The van der Waals surface area contributed by atoms with Crippen molar-refractivity contribution < 1.29 is 9.13 Å². The second-order valence-corrected chi connectivity index (χ2v) is 4.80. The monoisotopic (exact) mass is 257 g/mol. The van der Waals surface area contributed by atoms with E-state index < -0.39 is 0 Å². The van der Waals surface area contributed by atoms with Gasteiger partial charge in [0.05, 0.1) is 6.10 Å². The molecule has 1 aliphatic heterocycles. The van der Waals surface area contributed by atoms with Crippen LogP contribution in [0.3, 0.4) is 0 Å². The van der Waals surface area contributed by atoms with Crippen LogP contribution in [0, 0.1) is 5.82 Å². The van der Waals surface area contributed by atoms with Gasteiger partial charge >= 0.3 is 0 Å². The third kappa shape index (κ3) is 4.17. The van der Waals surface area contributed by atoms with Crippen LogP contribution in [0.1, 0.15) is 25.7 Å². The molecule has 1 unspecified atom stereocenters. The molecule has 1 aromatic rings. The van der Waals surface area contributed by atoms with Crippen LogP contribution in [0.5, 0.6) is 0 Å². The van der Waals surface area contributed by atoms with E-state index in [1.807, 2.05) is 0 Å². The van der Waals surface area contributed by atoms with Crippen molar-refractivity contribution in [2.24, 2.45) is 0 Å². The Kier molecular flexibility index (Phi) is 4.63. The molecule has 1 aliphatic rings. The highest BCUT2D eigenvalue weighted by molar-refractivity contribution is 6.30. The van der Waals surface area contributed by atoms with Crippen LogP contribution in [0.25, 0.3) is 0 Å². The Morgan fingerprint density at radius 1 is 1.41 bits per heavy atom. The Balaban J connectivity index is 1.70. The quantitative estimate of drug-likeness (QED) is 0.809. The van der Waals surface area contributed by atoms with Gasteiger partial charge in [0.15, 0.2) is 0 Å².